The maximum atomic E-state index is 5.85. The summed E-state index contributed by atoms with van der Waals surface area (Å²) >= 11 is 1.83. The van der Waals surface area contributed by atoms with E-state index in [-0.39, 0.29) is 0 Å². The Hall–Kier alpha value is -1.96. The molecule has 0 aliphatic heterocycles. The van der Waals surface area contributed by atoms with Crippen LogP contribution in [0.25, 0.3) is 0 Å². The van der Waals surface area contributed by atoms with E-state index >= 15 is 0 Å². The predicted octanol–water partition coefficient (Wildman–Crippen LogP) is 1.22. The van der Waals surface area contributed by atoms with Gasteiger partial charge in [0.2, 0.25) is 0 Å². The zero-order valence-corrected chi connectivity index (χ0v) is 14.6. The molecule has 0 spiro atoms. The molecule has 2 aromatic heterocycles. The molecule has 2 rings (SSSR count). The summed E-state index contributed by atoms with van der Waals surface area (Å²) in [5, 5.41) is 3.14. The van der Waals surface area contributed by atoms with Crippen LogP contribution in [0.3, 0.4) is 0 Å². The molecule has 0 amide bonds. The van der Waals surface area contributed by atoms with Gasteiger partial charge in [0.15, 0.2) is 5.96 Å². The summed E-state index contributed by atoms with van der Waals surface area (Å²) in [5.74, 6) is 2.40. The first kappa shape index (κ1) is 17.4. The fourth-order valence-electron chi connectivity index (χ4n) is 2.06. The number of aliphatic imine (C=N–C) groups is 1. The van der Waals surface area contributed by atoms with Gasteiger partial charge >= 0.3 is 0 Å². The molecule has 126 valence electrons. The Morgan fingerprint density at radius 2 is 2.35 bits per heavy atom. The Morgan fingerprint density at radius 3 is 3.04 bits per heavy atom. The van der Waals surface area contributed by atoms with Crippen molar-refractivity contribution in [3.8, 4) is 0 Å². The average molecular weight is 335 g/mol. The molecule has 0 aromatic carbocycles. The van der Waals surface area contributed by atoms with Crippen LogP contribution in [0.4, 0.5) is 0 Å². The third-order valence-corrected chi connectivity index (χ3v) is 4.33. The lowest BCUT2D eigenvalue weighted by Crippen LogP contribution is -2.33. The summed E-state index contributed by atoms with van der Waals surface area (Å²) in [6.07, 6.45) is 7.46. The maximum absolute atomic E-state index is 5.85. The second-order valence-corrected chi connectivity index (χ2v) is 6.46. The lowest BCUT2D eigenvalue weighted by molar-refractivity contribution is 0.805. The molecule has 0 aliphatic rings. The van der Waals surface area contributed by atoms with Crippen LogP contribution in [0, 0.1) is 6.92 Å². The second kappa shape index (κ2) is 9.24. The molecule has 0 saturated heterocycles. The van der Waals surface area contributed by atoms with Gasteiger partial charge in [0.25, 0.3) is 0 Å². The molecule has 7 nitrogen and oxygen atoms in total. The fourth-order valence-corrected chi connectivity index (χ4v) is 2.94. The van der Waals surface area contributed by atoms with Crippen molar-refractivity contribution in [2.24, 2.45) is 17.8 Å². The number of aromatic nitrogens is 4. The summed E-state index contributed by atoms with van der Waals surface area (Å²) in [4.78, 5) is 16.0. The molecular formula is C15H25N7S. The predicted molar refractivity (Wildman–Crippen MR) is 95.5 cm³/mol. The smallest absolute Gasteiger partial charge is 0.188 e. The van der Waals surface area contributed by atoms with Crippen molar-refractivity contribution >= 4 is 17.7 Å². The molecule has 4 N–H and O–H groups in total. The Bertz CT molecular complexity index is 617. The minimum atomic E-state index is 0.516. The van der Waals surface area contributed by atoms with Gasteiger partial charge in [-0.1, -0.05) is 0 Å². The Labute approximate surface area is 141 Å². The maximum Gasteiger partial charge on any atom is 0.188 e. The number of thioether (sulfide) groups is 1. The molecule has 2 heterocycles. The van der Waals surface area contributed by atoms with E-state index in [0.29, 0.717) is 5.96 Å². The molecule has 0 saturated carbocycles. The Morgan fingerprint density at radius 1 is 1.48 bits per heavy atom. The monoisotopic (exact) mass is 335 g/mol. The van der Waals surface area contributed by atoms with Crippen LogP contribution in [0.15, 0.2) is 23.8 Å². The molecule has 0 radical (unpaired) electrons. The van der Waals surface area contributed by atoms with Gasteiger partial charge in [-0.3, -0.25) is 4.99 Å². The first-order valence-corrected chi connectivity index (χ1v) is 8.88. The molecule has 0 fully saturated rings. The van der Waals surface area contributed by atoms with Gasteiger partial charge in [0, 0.05) is 43.5 Å². The van der Waals surface area contributed by atoms with E-state index in [4.69, 9.17) is 5.73 Å². The van der Waals surface area contributed by atoms with Gasteiger partial charge in [0.05, 0.1) is 24.0 Å². The van der Waals surface area contributed by atoms with E-state index in [9.17, 15) is 0 Å². The summed E-state index contributed by atoms with van der Waals surface area (Å²) in [6.45, 7) is 3.56. The molecule has 0 atom stereocenters. The standard InChI is InChI=1S/C15H25N7S/c1-12-14(20-10-19-12)9-23-7-6-18-15(16)17-5-3-4-13-8-22(2)11-21-13/h8,10-11H,3-7,9H2,1-2H3,(H,19,20)(H3,16,17,18). The van der Waals surface area contributed by atoms with Crippen LogP contribution >= 0.6 is 11.8 Å². The van der Waals surface area contributed by atoms with Crippen molar-refractivity contribution < 1.29 is 0 Å². The highest BCUT2D eigenvalue weighted by molar-refractivity contribution is 7.98. The molecule has 23 heavy (non-hydrogen) atoms. The van der Waals surface area contributed by atoms with Crippen molar-refractivity contribution in [3.63, 3.8) is 0 Å². The highest BCUT2D eigenvalue weighted by Crippen LogP contribution is 2.11. The number of hydrogen-bond acceptors (Lipinski definition) is 4. The van der Waals surface area contributed by atoms with Crippen molar-refractivity contribution in [3.05, 3.63) is 35.9 Å². The number of nitrogens with one attached hydrogen (secondary N) is 2. The van der Waals surface area contributed by atoms with Gasteiger partial charge in [0.1, 0.15) is 0 Å². The molecule has 0 aliphatic carbocycles. The molecular weight excluding hydrogens is 310 g/mol. The van der Waals surface area contributed by atoms with Gasteiger partial charge in [-0.25, -0.2) is 9.97 Å². The first-order chi connectivity index (χ1) is 11.1. The minimum Gasteiger partial charge on any atom is -0.370 e. The number of rotatable bonds is 9. The number of aryl methyl sites for hydroxylation is 3. The Kier molecular flexibility index (Phi) is 6.99. The summed E-state index contributed by atoms with van der Waals surface area (Å²) in [5.41, 5.74) is 9.20. The van der Waals surface area contributed by atoms with E-state index in [0.717, 1.165) is 54.5 Å². The van der Waals surface area contributed by atoms with Gasteiger partial charge in [-0.05, 0) is 19.8 Å². The van der Waals surface area contributed by atoms with Gasteiger partial charge in [-0.2, -0.15) is 11.8 Å². The van der Waals surface area contributed by atoms with E-state index in [1.54, 1.807) is 6.33 Å². The van der Waals surface area contributed by atoms with Crippen LogP contribution in [-0.4, -0.2) is 44.3 Å². The SMILES string of the molecule is Cc1[nH]cnc1CSCCNC(N)=NCCCc1cn(C)cn1. The molecule has 0 unspecified atom stereocenters. The Balaban J connectivity index is 1.52. The third-order valence-electron chi connectivity index (χ3n) is 3.36. The summed E-state index contributed by atoms with van der Waals surface area (Å²) in [6, 6.07) is 0. The van der Waals surface area contributed by atoms with Crippen LogP contribution in [0.5, 0.6) is 0 Å². The van der Waals surface area contributed by atoms with Gasteiger partial charge < -0.3 is 20.6 Å². The summed E-state index contributed by atoms with van der Waals surface area (Å²) in [7, 11) is 1.97. The lowest BCUT2D eigenvalue weighted by Gasteiger charge is -2.05. The van der Waals surface area contributed by atoms with Crippen LogP contribution < -0.4 is 11.1 Å². The number of nitrogens with zero attached hydrogens (tertiary/aromatic N) is 4. The van der Waals surface area contributed by atoms with E-state index in [1.165, 1.54) is 0 Å². The molecule has 8 heteroatoms. The van der Waals surface area contributed by atoms with Crippen LogP contribution in [-0.2, 0) is 19.2 Å². The second-order valence-electron chi connectivity index (χ2n) is 5.35. The number of H-pyrrole nitrogens is 1. The zero-order valence-electron chi connectivity index (χ0n) is 13.7. The lowest BCUT2D eigenvalue weighted by atomic mass is 10.2. The highest BCUT2D eigenvalue weighted by atomic mass is 32.2. The minimum absolute atomic E-state index is 0.516. The van der Waals surface area contributed by atoms with E-state index < -0.39 is 0 Å². The number of hydrogen-bond donors (Lipinski definition) is 3. The van der Waals surface area contributed by atoms with E-state index in [1.807, 2.05) is 42.8 Å². The van der Waals surface area contributed by atoms with Crippen LogP contribution in [0.1, 0.15) is 23.5 Å². The average Bonchev–Trinajstić information content (AvgIpc) is 3.12. The first-order valence-electron chi connectivity index (χ1n) is 7.72. The van der Waals surface area contributed by atoms with Crippen molar-refractivity contribution in [1.29, 1.82) is 0 Å². The van der Waals surface area contributed by atoms with Gasteiger partial charge in [-0.15, -0.1) is 0 Å². The van der Waals surface area contributed by atoms with Crippen LogP contribution in [0.2, 0.25) is 0 Å². The van der Waals surface area contributed by atoms with E-state index in [2.05, 4.69) is 25.3 Å². The number of imidazole rings is 2. The third kappa shape index (κ3) is 6.35. The fraction of sp³-hybridized carbons (Fsp3) is 0.533. The quantitative estimate of drug-likeness (QED) is 0.364. The number of guanidine groups is 1. The molecule has 2 aromatic rings. The number of nitrogens with two attached hydrogens (primary N) is 1. The zero-order chi connectivity index (χ0) is 16.5. The summed E-state index contributed by atoms with van der Waals surface area (Å²) < 4.78 is 1.96. The van der Waals surface area contributed by atoms with Crippen molar-refractivity contribution in [2.75, 3.05) is 18.8 Å². The van der Waals surface area contributed by atoms with Crippen molar-refractivity contribution in [1.82, 2.24) is 24.8 Å². The topological polar surface area (TPSA) is 96.9 Å². The number of aromatic amines is 1. The molecule has 0 bridgehead atoms. The highest BCUT2D eigenvalue weighted by Gasteiger charge is 2.00. The normalized spacial score (nSPS) is 11.8. The van der Waals surface area contributed by atoms with Crippen molar-refractivity contribution in [2.45, 2.75) is 25.5 Å². The largest absolute Gasteiger partial charge is 0.370 e.